The SMILES string of the molecule is Cc1cc(C)n(-c2ccc(C(=O)Nc3sc4c(c3C(N)=O)CCC(C)C4)cc2)n1. The second-order valence-electron chi connectivity index (χ2n) is 7.76. The molecule has 0 fully saturated rings. The molecule has 150 valence electrons. The number of carbonyl (C=O) groups excluding carboxylic acids is 2. The van der Waals surface area contributed by atoms with Crippen molar-refractivity contribution < 1.29 is 9.59 Å². The van der Waals surface area contributed by atoms with Gasteiger partial charge in [0, 0.05) is 16.1 Å². The molecule has 1 atom stereocenters. The van der Waals surface area contributed by atoms with Crippen LogP contribution in [0.15, 0.2) is 30.3 Å². The number of nitrogens with two attached hydrogens (primary N) is 1. The van der Waals surface area contributed by atoms with Crippen molar-refractivity contribution >= 4 is 28.2 Å². The number of nitrogens with zero attached hydrogens (tertiary/aromatic N) is 2. The highest BCUT2D eigenvalue weighted by atomic mass is 32.1. The third-order valence-corrected chi connectivity index (χ3v) is 6.54. The summed E-state index contributed by atoms with van der Waals surface area (Å²) in [5, 5.41) is 7.93. The molecule has 2 aromatic heterocycles. The molecule has 0 bridgehead atoms. The van der Waals surface area contributed by atoms with Gasteiger partial charge in [0.1, 0.15) is 5.00 Å². The molecule has 1 aliphatic rings. The minimum atomic E-state index is -0.479. The number of aryl methyl sites for hydroxylation is 2. The van der Waals surface area contributed by atoms with Crippen molar-refractivity contribution in [3.63, 3.8) is 0 Å². The van der Waals surface area contributed by atoms with Crippen molar-refractivity contribution in [2.75, 3.05) is 5.32 Å². The van der Waals surface area contributed by atoms with E-state index < -0.39 is 5.91 Å². The van der Waals surface area contributed by atoms with Gasteiger partial charge in [0.15, 0.2) is 0 Å². The van der Waals surface area contributed by atoms with E-state index in [4.69, 9.17) is 5.73 Å². The molecule has 1 aromatic carbocycles. The Morgan fingerprint density at radius 2 is 1.97 bits per heavy atom. The van der Waals surface area contributed by atoms with E-state index in [1.165, 1.54) is 11.3 Å². The van der Waals surface area contributed by atoms with Gasteiger partial charge in [0.05, 0.1) is 16.9 Å². The highest BCUT2D eigenvalue weighted by Gasteiger charge is 2.27. The number of anilines is 1. The van der Waals surface area contributed by atoms with Crippen LogP contribution < -0.4 is 11.1 Å². The Hall–Kier alpha value is -2.93. The molecule has 1 aliphatic carbocycles. The summed E-state index contributed by atoms with van der Waals surface area (Å²) < 4.78 is 1.84. The van der Waals surface area contributed by atoms with Crippen molar-refractivity contribution in [2.45, 2.75) is 40.0 Å². The molecule has 3 aromatic rings. The molecule has 4 rings (SSSR count). The van der Waals surface area contributed by atoms with Gasteiger partial charge in [-0.3, -0.25) is 9.59 Å². The Balaban J connectivity index is 1.58. The summed E-state index contributed by atoms with van der Waals surface area (Å²) in [4.78, 5) is 26.0. The first-order valence-corrected chi connectivity index (χ1v) is 10.5. The van der Waals surface area contributed by atoms with Gasteiger partial charge >= 0.3 is 0 Å². The van der Waals surface area contributed by atoms with Crippen molar-refractivity contribution in [3.8, 4) is 5.69 Å². The quantitative estimate of drug-likeness (QED) is 0.683. The van der Waals surface area contributed by atoms with Crippen LogP contribution in [0.2, 0.25) is 0 Å². The maximum absolute atomic E-state index is 12.8. The number of hydrogen-bond acceptors (Lipinski definition) is 4. The zero-order valence-corrected chi connectivity index (χ0v) is 17.6. The number of primary amides is 1. The van der Waals surface area contributed by atoms with Crippen molar-refractivity contribution in [1.29, 1.82) is 0 Å². The molecule has 0 radical (unpaired) electrons. The van der Waals surface area contributed by atoms with Crippen LogP contribution in [0.5, 0.6) is 0 Å². The lowest BCUT2D eigenvalue weighted by Gasteiger charge is -2.18. The Bertz CT molecular complexity index is 1090. The van der Waals surface area contributed by atoms with Gasteiger partial charge in [0.2, 0.25) is 0 Å². The predicted octanol–water partition coefficient (Wildman–Crippen LogP) is 4.03. The fourth-order valence-corrected chi connectivity index (χ4v) is 5.33. The van der Waals surface area contributed by atoms with Crippen molar-refractivity contribution in [2.24, 2.45) is 11.7 Å². The lowest BCUT2D eigenvalue weighted by Crippen LogP contribution is -2.19. The Labute approximate surface area is 173 Å². The zero-order chi connectivity index (χ0) is 20.7. The summed E-state index contributed by atoms with van der Waals surface area (Å²) in [6.45, 7) is 6.14. The maximum atomic E-state index is 12.8. The van der Waals surface area contributed by atoms with Crippen LogP contribution in [0, 0.1) is 19.8 Å². The fourth-order valence-electron chi connectivity index (χ4n) is 3.92. The molecular weight excluding hydrogens is 384 g/mol. The smallest absolute Gasteiger partial charge is 0.256 e. The van der Waals surface area contributed by atoms with Crippen LogP contribution in [-0.2, 0) is 12.8 Å². The minimum Gasteiger partial charge on any atom is -0.365 e. The number of thiophene rings is 1. The van der Waals surface area contributed by atoms with Crippen molar-refractivity contribution in [3.05, 3.63) is 63.3 Å². The van der Waals surface area contributed by atoms with Gasteiger partial charge < -0.3 is 11.1 Å². The van der Waals surface area contributed by atoms with E-state index in [-0.39, 0.29) is 5.91 Å². The number of fused-ring (bicyclic) bond motifs is 1. The van der Waals surface area contributed by atoms with E-state index in [0.717, 1.165) is 46.8 Å². The molecule has 0 aliphatic heterocycles. The fraction of sp³-hybridized carbons (Fsp3) is 0.318. The molecule has 0 saturated carbocycles. The van der Waals surface area contributed by atoms with Gasteiger partial charge in [-0.2, -0.15) is 5.10 Å². The summed E-state index contributed by atoms with van der Waals surface area (Å²) in [5.74, 6) is -0.154. The number of amides is 2. The van der Waals surface area contributed by atoms with Crippen LogP contribution in [0.1, 0.15) is 55.9 Å². The average Bonchev–Trinajstić information content (AvgIpc) is 3.20. The van der Waals surface area contributed by atoms with Crippen LogP contribution in [0.4, 0.5) is 5.00 Å². The van der Waals surface area contributed by atoms with Crippen LogP contribution in [-0.4, -0.2) is 21.6 Å². The first kappa shape index (κ1) is 19.4. The highest BCUT2D eigenvalue weighted by Crippen LogP contribution is 2.39. The topological polar surface area (TPSA) is 90.0 Å². The standard InChI is InChI=1S/C22H24N4O2S/c1-12-4-9-17-18(10-12)29-22(19(17)20(23)27)24-21(28)15-5-7-16(8-6-15)26-14(3)11-13(2)25-26/h5-8,11-12H,4,9-10H2,1-3H3,(H2,23,27)(H,24,28). The van der Waals surface area contributed by atoms with Gasteiger partial charge in [-0.15, -0.1) is 11.3 Å². The monoisotopic (exact) mass is 408 g/mol. The number of nitrogens with one attached hydrogen (secondary N) is 1. The van der Waals surface area contributed by atoms with Gasteiger partial charge in [0.25, 0.3) is 11.8 Å². The third kappa shape index (κ3) is 3.70. The first-order valence-electron chi connectivity index (χ1n) is 9.73. The van der Waals surface area contributed by atoms with Crippen LogP contribution in [0.3, 0.4) is 0 Å². The normalized spacial score (nSPS) is 15.8. The van der Waals surface area contributed by atoms with Gasteiger partial charge in [-0.05, 0) is 74.9 Å². The molecule has 2 heterocycles. The molecule has 6 nitrogen and oxygen atoms in total. The Morgan fingerprint density at radius 3 is 2.59 bits per heavy atom. The number of hydrogen-bond donors (Lipinski definition) is 2. The zero-order valence-electron chi connectivity index (χ0n) is 16.8. The van der Waals surface area contributed by atoms with E-state index in [1.807, 2.05) is 36.7 Å². The molecule has 3 N–H and O–H groups in total. The molecular formula is C22H24N4O2S. The molecule has 2 amide bonds. The number of carbonyl (C=O) groups is 2. The maximum Gasteiger partial charge on any atom is 0.256 e. The van der Waals surface area contributed by atoms with Gasteiger partial charge in [-0.25, -0.2) is 4.68 Å². The van der Waals surface area contributed by atoms with Crippen molar-refractivity contribution in [1.82, 2.24) is 9.78 Å². The van der Waals surface area contributed by atoms with Crippen LogP contribution in [0.25, 0.3) is 5.69 Å². The summed E-state index contributed by atoms with van der Waals surface area (Å²) in [7, 11) is 0. The summed E-state index contributed by atoms with van der Waals surface area (Å²) >= 11 is 1.47. The number of aromatic nitrogens is 2. The summed E-state index contributed by atoms with van der Waals surface area (Å²) in [6, 6.07) is 9.27. The third-order valence-electron chi connectivity index (χ3n) is 5.37. The van der Waals surface area contributed by atoms with E-state index in [0.29, 0.717) is 22.0 Å². The second-order valence-corrected chi connectivity index (χ2v) is 8.87. The highest BCUT2D eigenvalue weighted by molar-refractivity contribution is 7.17. The lowest BCUT2D eigenvalue weighted by molar-refractivity contribution is 0.1000. The molecule has 1 unspecified atom stereocenters. The summed E-state index contributed by atoms with van der Waals surface area (Å²) in [5.41, 5.74) is 10.5. The largest absolute Gasteiger partial charge is 0.365 e. The second kappa shape index (κ2) is 7.48. The lowest BCUT2D eigenvalue weighted by atomic mass is 9.88. The van der Waals surface area contributed by atoms with Gasteiger partial charge in [-0.1, -0.05) is 6.92 Å². The first-order chi connectivity index (χ1) is 13.8. The van der Waals surface area contributed by atoms with E-state index in [1.54, 1.807) is 12.1 Å². The average molecular weight is 409 g/mol. The van der Waals surface area contributed by atoms with E-state index in [2.05, 4.69) is 17.3 Å². The molecule has 7 heteroatoms. The Morgan fingerprint density at radius 1 is 1.24 bits per heavy atom. The molecule has 0 saturated heterocycles. The number of rotatable bonds is 4. The number of benzene rings is 1. The Kier molecular flexibility index (Phi) is 5.00. The minimum absolute atomic E-state index is 0.251. The molecule has 29 heavy (non-hydrogen) atoms. The summed E-state index contributed by atoms with van der Waals surface area (Å²) in [6.07, 6.45) is 2.79. The van der Waals surface area contributed by atoms with Crippen LogP contribution >= 0.6 is 11.3 Å². The molecule has 0 spiro atoms. The predicted molar refractivity (Wildman–Crippen MR) is 115 cm³/mol. The van der Waals surface area contributed by atoms with E-state index >= 15 is 0 Å². The van der Waals surface area contributed by atoms with E-state index in [9.17, 15) is 9.59 Å².